The van der Waals surface area contributed by atoms with Crippen molar-refractivity contribution in [2.75, 3.05) is 14.1 Å². The molecule has 0 fully saturated rings. The van der Waals surface area contributed by atoms with E-state index in [9.17, 15) is 19.2 Å². The van der Waals surface area contributed by atoms with Gasteiger partial charge in [-0.05, 0) is 19.3 Å². The summed E-state index contributed by atoms with van der Waals surface area (Å²) < 4.78 is 0. The van der Waals surface area contributed by atoms with Crippen LogP contribution in [0.2, 0.25) is 0 Å². The minimum absolute atomic E-state index is 0.242. The van der Waals surface area contributed by atoms with Gasteiger partial charge in [0.1, 0.15) is 6.04 Å². The van der Waals surface area contributed by atoms with Gasteiger partial charge in [-0.2, -0.15) is 0 Å². The van der Waals surface area contributed by atoms with Crippen LogP contribution in [0, 0.1) is 5.92 Å². The number of rotatable bonds is 5. The fraction of sp³-hybridized carbons (Fsp3) is 0.692. The first-order valence-corrected chi connectivity index (χ1v) is 6.78. The lowest BCUT2D eigenvalue weighted by Gasteiger charge is -2.20. The van der Waals surface area contributed by atoms with Crippen molar-refractivity contribution in [1.82, 2.24) is 20.9 Å². The summed E-state index contributed by atoms with van der Waals surface area (Å²) in [6.45, 7) is 5.38. The molecule has 0 aliphatic carbocycles. The van der Waals surface area contributed by atoms with Crippen molar-refractivity contribution < 1.29 is 19.2 Å². The minimum atomic E-state index is -0.926. The second-order valence-electron chi connectivity index (χ2n) is 5.13. The van der Waals surface area contributed by atoms with Crippen LogP contribution >= 0.6 is 0 Å². The molecule has 0 rings (SSSR count). The van der Waals surface area contributed by atoms with Crippen LogP contribution in [-0.4, -0.2) is 48.9 Å². The average Bonchev–Trinajstić information content (AvgIpc) is 2.42. The summed E-state index contributed by atoms with van der Waals surface area (Å²) in [4.78, 5) is 47.0. The predicted octanol–water partition coefficient (Wildman–Crippen LogP) is 0.435. The third-order valence-electron chi connectivity index (χ3n) is 2.77. The van der Waals surface area contributed by atoms with Gasteiger partial charge >= 0.3 is 12.1 Å². The molecule has 0 aliphatic heterocycles. The third kappa shape index (κ3) is 7.28. The fourth-order valence-electron chi connectivity index (χ4n) is 1.46. The highest BCUT2D eigenvalue weighted by molar-refractivity contribution is 6.00. The second kappa shape index (κ2) is 8.93. The molecule has 0 saturated carbocycles. The van der Waals surface area contributed by atoms with E-state index in [1.165, 1.54) is 21.0 Å². The molecule has 0 aromatic heterocycles. The summed E-state index contributed by atoms with van der Waals surface area (Å²) in [5.74, 6) is -0.625. The number of nitrogens with zero attached hydrogens (tertiary/aromatic N) is 1. The molecule has 0 radical (unpaired) electrons. The van der Waals surface area contributed by atoms with Gasteiger partial charge in [-0.15, -0.1) is 0 Å². The van der Waals surface area contributed by atoms with Crippen LogP contribution < -0.4 is 16.0 Å². The first-order valence-electron chi connectivity index (χ1n) is 6.78. The summed E-state index contributed by atoms with van der Waals surface area (Å²) in [7, 11) is 2.69. The Balaban J connectivity index is 4.29. The Hall–Kier alpha value is -2.12. The van der Waals surface area contributed by atoms with Gasteiger partial charge in [-0.25, -0.2) is 9.59 Å². The van der Waals surface area contributed by atoms with Crippen LogP contribution in [0.5, 0.6) is 0 Å². The molecule has 1 unspecified atom stereocenters. The predicted molar refractivity (Wildman–Crippen MR) is 77.4 cm³/mol. The SMILES string of the molecule is CNC(=O)N(C)C(=O)C(C)NC(=O)NC(=O)CCC(C)C. The molecular formula is C13H24N4O4. The summed E-state index contributed by atoms with van der Waals surface area (Å²) in [5, 5.41) is 6.76. The Morgan fingerprint density at radius 3 is 2.14 bits per heavy atom. The fourth-order valence-corrected chi connectivity index (χ4v) is 1.46. The Morgan fingerprint density at radius 2 is 1.67 bits per heavy atom. The lowest BCUT2D eigenvalue weighted by Crippen LogP contribution is -2.52. The number of imide groups is 2. The van der Waals surface area contributed by atoms with E-state index in [0.717, 1.165) is 4.90 Å². The molecule has 0 bridgehead atoms. The molecule has 0 spiro atoms. The minimum Gasteiger partial charge on any atom is -0.341 e. The molecule has 0 aromatic rings. The Labute approximate surface area is 124 Å². The molecule has 8 heteroatoms. The topological polar surface area (TPSA) is 108 Å². The van der Waals surface area contributed by atoms with E-state index in [2.05, 4.69) is 16.0 Å². The van der Waals surface area contributed by atoms with Crippen LogP contribution in [0.1, 0.15) is 33.6 Å². The maximum Gasteiger partial charge on any atom is 0.323 e. The number of likely N-dealkylation sites (N-methyl/N-ethyl adjacent to an activating group) is 1. The number of nitrogens with one attached hydrogen (secondary N) is 3. The van der Waals surface area contributed by atoms with Gasteiger partial charge in [-0.3, -0.25) is 19.8 Å². The Morgan fingerprint density at radius 1 is 1.10 bits per heavy atom. The van der Waals surface area contributed by atoms with Crippen LogP contribution in [-0.2, 0) is 9.59 Å². The van der Waals surface area contributed by atoms with Crippen LogP contribution in [0.25, 0.3) is 0 Å². The van der Waals surface area contributed by atoms with Crippen molar-refractivity contribution in [2.45, 2.75) is 39.7 Å². The molecule has 8 nitrogen and oxygen atoms in total. The van der Waals surface area contributed by atoms with Crippen LogP contribution in [0.4, 0.5) is 9.59 Å². The van der Waals surface area contributed by atoms with Crippen LogP contribution in [0.15, 0.2) is 0 Å². The normalized spacial score (nSPS) is 11.5. The van der Waals surface area contributed by atoms with Crippen molar-refractivity contribution in [1.29, 1.82) is 0 Å². The van der Waals surface area contributed by atoms with E-state index in [1.54, 1.807) is 0 Å². The highest BCUT2D eigenvalue weighted by atomic mass is 16.2. The standard InChI is InChI=1S/C13H24N4O4/c1-8(2)6-7-10(18)16-12(20)15-9(3)11(19)17(5)13(21)14-4/h8-9H,6-7H2,1-5H3,(H,14,21)(H2,15,16,18,20). The first-order chi connectivity index (χ1) is 9.68. The van der Waals surface area contributed by atoms with Crippen molar-refractivity contribution in [3.05, 3.63) is 0 Å². The lowest BCUT2D eigenvalue weighted by molar-refractivity contribution is -0.129. The number of urea groups is 2. The Bertz CT molecular complexity index is 409. The molecule has 6 amide bonds. The molecule has 0 aliphatic rings. The maximum atomic E-state index is 11.8. The third-order valence-corrected chi connectivity index (χ3v) is 2.77. The molecule has 120 valence electrons. The van der Waals surface area contributed by atoms with Gasteiger partial charge in [0.05, 0.1) is 0 Å². The number of hydrogen-bond acceptors (Lipinski definition) is 4. The van der Waals surface area contributed by atoms with E-state index in [-0.39, 0.29) is 6.42 Å². The zero-order valence-corrected chi connectivity index (χ0v) is 13.1. The van der Waals surface area contributed by atoms with Gasteiger partial charge < -0.3 is 10.6 Å². The molecule has 21 heavy (non-hydrogen) atoms. The van der Waals surface area contributed by atoms with Crippen molar-refractivity contribution in [3.8, 4) is 0 Å². The van der Waals surface area contributed by atoms with E-state index in [1.807, 2.05) is 13.8 Å². The van der Waals surface area contributed by atoms with Gasteiger partial charge in [0.2, 0.25) is 5.91 Å². The molecule has 3 N–H and O–H groups in total. The molecule has 0 heterocycles. The number of amides is 6. The maximum absolute atomic E-state index is 11.8. The van der Waals surface area contributed by atoms with Gasteiger partial charge in [-0.1, -0.05) is 13.8 Å². The lowest BCUT2D eigenvalue weighted by atomic mass is 10.1. The number of carbonyl (C=O) groups excluding carboxylic acids is 4. The highest BCUT2D eigenvalue weighted by Crippen LogP contribution is 2.02. The summed E-state index contributed by atoms with van der Waals surface area (Å²) in [6.07, 6.45) is 0.915. The monoisotopic (exact) mass is 300 g/mol. The van der Waals surface area contributed by atoms with E-state index < -0.39 is 29.9 Å². The van der Waals surface area contributed by atoms with E-state index >= 15 is 0 Å². The largest absolute Gasteiger partial charge is 0.341 e. The smallest absolute Gasteiger partial charge is 0.323 e. The summed E-state index contributed by atoms with van der Waals surface area (Å²) in [6, 6.07) is -2.26. The summed E-state index contributed by atoms with van der Waals surface area (Å²) in [5.41, 5.74) is 0. The Kier molecular flexibility index (Phi) is 8.03. The molecule has 1 atom stereocenters. The van der Waals surface area contributed by atoms with Gasteiger partial charge in [0, 0.05) is 20.5 Å². The molecule has 0 saturated heterocycles. The molecular weight excluding hydrogens is 276 g/mol. The van der Waals surface area contributed by atoms with Crippen molar-refractivity contribution in [2.24, 2.45) is 5.92 Å². The van der Waals surface area contributed by atoms with Crippen molar-refractivity contribution >= 4 is 23.9 Å². The first kappa shape index (κ1) is 18.9. The van der Waals surface area contributed by atoms with Gasteiger partial charge in [0.15, 0.2) is 0 Å². The van der Waals surface area contributed by atoms with E-state index in [0.29, 0.717) is 12.3 Å². The zero-order valence-electron chi connectivity index (χ0n) is 13.1. The zero-order chi connectivity index (χ0) is 16.6. The van der Waals surface area contributed by atoms with Crippen LogP contribution in [0.3, 0.4) is 0 Å². The van der Waals surface area contributed by atoms with E-state index in [4.69, 9.17) is 0 Å². The van der Waals surface area contributed by atoms with Crippen molar-refractivity contribution in [3.63, 3.8) is 0 Å². The average molecular weight is 300 g/mol. The number of hydrogen-bond donors (Lipinski definition) is 3. The quantitative estimate of drug-likeness (QED) is 0.684. The molecule has 0 aromatic carbocycles. The number of carbonyl (C=O) groups is 4. The highest BCUT2D eigenvalue weighted by Gasteiger charge is 2.23. The summed E-state index contributed by atoms with van der Waals surface area (Å²) >= 11 is 0. The van der Waals surface area contributed by atoms with Gasteiger partial charge in [0.25, 0.3) is 5.91 Å². The second-order valence-corrected chi connectivity index (χ2v) is 5.13.